The van der Waals surface area contributed by atoms with Crippen LogP contribution in [0.25, 0.3) is 0 Å². The molecule has 2 aromatic carbocycles. The maximum absolute atomic E-state index is 13.2. The lowest BCUT2D eigenvalue weighted by molar-refractivity contribution is 0.485. The van der Waals surface area contributed by atoms with Crippen molar-refractivity contribution < 1.29 is 17.0 Å². The first-order valence-electron chi connectivity index (χ1n) is 5.42. The number of benzene rings is 2. The summed E-state index contributed by atoms with van der Waals surface area (Å²) in [7, 11) is -4.35. The van der Waals surface area contributed by atoms with Crippen molar-refractivity contribution in [2.45, 2.75) is 4.90 Å². The van der Waals surface area contributed by atoms with E-state index in [2.05, 4.69) is 0 Å². The van der Waals surface area contributed by atoms with Crippen LogP contribution in [0.15, 0.2) is 41.3 Å². The molecule has 0 aliphatic rings. The first-order chi connectivity index (χ1) is 9.83. The average Bonchev–Trinajstić information content (AvgIpc) is 2.43. The van der Waals surface area contributed by atoms with Crippen molar-refractivity contribution in [2.24, 2.45) is 0 Å². The third-order valence-electron chi connectivity index (χ3n) is 2.42. The third-order valence-corrected chi connectivity index (χ3v) is 4.44. The summed E-state index contributed by atoms with van der Waals surface area (Å²) in [6, 6.07) is 8.53. The van der Waals surface area contributed by atoms with Crippen molar-refractivity contribution >= 4 is 33.3 Å². The third kappa shape index (κ3) is 3.45. The zero-order valence-electron chi connectivity index (χ0n) is 10.2. The molecular formula is C13H6Cl2FNO3S. The van der Waals surface area contributed by atoms with Crippen molar-refractivity contribution in [3.05, 3.63) is 57.8 Å². The second-order valence-corrected chi connectivity index (χ2v) is 6.20. The molecule has 0 aliphatic carbocycles. The molecule has 0 N–H and O–H groups in total. The molecule has 0 fully saturated rings. The van der Waals surface area contributed by atoms with E-state index in [0.717, 1.165) is 18.2 Å². The van der Waals surface area contributed by atoms with Crippen molar-refractivity contribution in [2.75, 3.05) is 0 Å². The largest absolute Gasteiger partial charge is 0.377 e. The number of rotatable bonds is 3. The summed E-state index contributed by atoms with van der Waals surface area (Å²) in [5.41, 5.74) is 0.244. The molecular weight excluding hydrogens is 340 g/mol. The van der Waals surface area contributed by atoms with E-state index in [1.807, 2.05) is 6.07 Å². The summed E-state index contributed by atoms with van der Waals surface area (Å²) >= 11 is 11.6. The SMILES string of the molecule is N#Cc1ccc(OS(=O)(=O)c2cc(F)ccc2Cl)c(Cl)c1. The summed E-state index contributed by atoms with van der Waals surface area (Å²) < 4.78 is 42.2. The van der Waals surface area contributed by atoms with Gasteiger partial charge in [0.1, 0.15) is 10.7 Å². The van der Waals surface area contributed by atoms with Crippen molar-refractivity contribution in [1.29, 1.82) is 5.26 Å². The fraction of sp³-hybridized carbons (Fsp3) is 0. The Kier molecular flexibility index (Phi) is 4.37. The molecule has 0 bridgehead atoms. The zero-order valence-corrected chi connectivity index (χ0v) is 12.5. The highest BCUT2D eigenvalue weighted by Gasteiger charge is 2.22. The van der Waals surface area contributed by atoms with Crippen LogP contribution in [-0.4, -0.2) is 8.42 Å². The van der Waals surface area contributed by atoms with Crippen LogP contribution >= 0.6 is 23.2 Å². The highest BCUT2D eigenvalue weighted by atomic mass is 35.5. The zero-order chi connectivity index (χ0) is 15.6. The van der Waals surface area contributed by atoms with Crippen molar-refractivity contribution in [3.63, 3.8) is 0 Å². The Morgan fingerprint density at radius 3 is 2.43 bits per heavy atom. The molecule has 108 valence electrons. The van der Waals surface area contributed by atoms with E-state index in [9.17, 15) is 12.8 Å². The molecule has 8 heteroatoms. The maximum Gasteiger partial charge on any atom is 0.340 e. The Hall–Kier alpha value is -1.81. The van der Waals surface area contributed by atoms with Crippen LogP contribution in [0.5, 0.6) is 5.75 Å². The van der Waals surface area contributed by atoms with Gasteiger partial charge in [0.15, 0.2) is 5.75 Å². The Labute approximate surface area is 130 Å². The minimum atomic E-state index is -4.35. The standard InChI is InChI=1S/C13H6Cl2FNO3S/c14-10-3-2-9(16)6-13(10)21(18,19)20-12-4-1-8(7-17)5-11(12)15/h1-6H. The molecule has 0 amide bonds. The molecule has 2 aromatic rings. The van der Waals surface area contributed by atoms with E-state index in [-0.39, 0.29) is 21.4 Å². The number of halogens is 3. The van der Waals surface area contributed by atoms with Gasteiger partial charge in [0.05, 0.1) is 21.7 Å². The molecule has 0 unspecified atom stereocenters. The van der Waals surface area contributed by atoms with Crippen LogP contribution in [0.1, 0.15) is 5.56 Å². The molecule has 0 radical (unpaired) electrons. The van der Waals surface area contributed by atoms with Crippen LogP contribution in [0.2, 0.25) is 10.0 Å². The molecule has 2 rings (SSSR count). The normalized spacial score (nSPS) is 11.0. The summed E-state index contributed by atoms with van der Waals surface area (Å²) in [6.45, 7) is 0. The van der Waals surface area contributed by atoms with Crippen molar-refractivity contribution in [3.8, 4) is 11.8 Å². The van der Waals surface area contributed by atoms with E-state index >= 15 is 0 Å². The summed E-state index contributed by atoms with van der Waals surface area (Å²) in [5.74, 6) is -0.955. The quantitative estimate of drug-likeness (QED) is 0.794. The van der Waals surface area contributed by atoms with Crippen LogP contribution in [0, 0.1) is 17.1 Å². The second kappa shape index (κ2) is 5.90. The van der Waals surface area contributed by atoms with Gasteiger partial charge in [-0.15, -0.1) is 0 Å². The number of hydrogen-bond acceptors (Lipinski definition) is 4. The van der Waals surface area contributed by atoms with Gasteiger partial charge in [-0.05, 0) is 36.4 Å². The van der Waals surface area contributed by atoms with Gasteiger partial charge in [-0.25, -0.2) is 4.39 Å². The Bertz CT molecular complexity index is 847. The Morgan fingerprint density at radius 2 is 1.81 bits per heavy atom. The number of nitriles is 1. The van der Waals surface area contributed by atoms with Crippen LogP contribution in [0.4, 0.5) is 4.39 Å². The van der Waals surface area contributed by atoms with Gasteiger partial charge in [-0.3, -0.25) is 0 Å². The van der Waals surface area contributed by atoms with E-state index in [4.69, 9.17) is 32.6 Å². The first-order valence-corrected chi connectivity index (χ1v) is 7.59. The highest BCUT2D eigenvalue weighted by Crippen LogP contribution is 2.30. The predicted octanol–water partition coefficient (Wildman–Crippen LogP) is 3.77. The van der Waals surface area contributed by atoms with Crippen LogP contribution in [0.3, 0.4) is 0 Å². The molecule has 0 aromatic heterocycles. The van der Waals surface area contributed by atoms with Crippen LogP contribution < -0.4 is 4.18 Å². The molecule has 4 nitrogen and oxygen atoms in total. The Morgan fingerprint density at radius 1 is 1.10 bits per heavy atom. The van der Waals surface area contributed by atoms with Gasteiger partial charge in [0.25, 0.3) is 0 Å². The summed E-state index contributed by atoms with van der Waals surface area (Å²) in [6.07, 6.45) is 0. The molecule has 21 heavy (non-hydrogen) atoms. The topological polar surface area (TPSA) is 67.2 Å². The van der Waals surface area contributed by atoms with E-state index in [1.165, 1.54) is 18.2 Å². The highest BCUT2D eigenvalue weighted by molar-refractivity contribution is 7.87. The monoisotopic (exact) mass is 345 g/mol. The fourth-order valence-corrected chi connectivity index (χ4v) is 3.17. The molecule has 0 spiro atoms. The van der Waals surface area contributed by atoms with Gasteiger partial charge in [0.2, 0.25) is 0 Å². The smallest absolute Gasteiger partial charge is 0.340 e. The summed E-state index contributed by atoms with van der Waals surface area (Å²) in [4.78, 5) is -0.510. The van der Waals surface area contributed by atoms with Gasteiger partial charge < -0.3 is 4.18 Å². The minimum absolute atomic E-state index is 0.0647. The van der Waals surface area contributed by atoms with Crippen molar-refractivity contribution in [1.82, 2.24) is 0 Å². The Balaban J connectivity index is 2.43. The van der Waals surface area contributed by atoms with Crippen LogP contribution in [-0.2, 0) is 10.1 Å². The average molecular weight is 346 g/mol. The van der Waals surface area contributed by atoms with E-state index in [0.29, 0.717) is 0 Å². The predicted molar refractivity (Wildman–Crippen MR) is 75.4 cm³/mol. The number of hydrogen-bond donors (Lipinski definition) is 0. The molecule has 0 saturated carbocycles. The lowest BCUT2D eigenvalue weighted by atomic mass is 10.2. The van der Waals surface area contributed by atoms with E-state index < -0.39 is 20.8 Å². The second-order valence-electron chi connectivity index (χ2n) is 3.87. The first kappa shape index (κ1) is 15.6. The van der Waals surface area contributed by atoms with Gasteiger partial charge in [-0.2, -0.15) is 13.7 Å². The van der Waals surface area contributed by atoms with E-state index in [1.54, 1.807) is 0 Å². The summed E-state index contributed by atoms with van der Waals surface area (Å²) in [5, 5.41) is 8.46. The fourth-order valence-electron chi connectivity index (χ4n) is 1.47. The van der Waals surface area contributed by atoms with Gasteiger partial charge in [-0.1, -0.05) is 23.2 Å². The molecule has 0 aliphatic heterocycles. The number of nitrogens with zero attached hydrogens (tertiary/aromatic N) is 1. The maximum atomic E-state index is 13.2. The van der Waals surface area contributed by atoms with Gasteiger partial charge in [0, 0.05) is 0 Å². The molecule has 0 atom stereocenters. The lowest BCUT2D eigenvalue weighted by Crippen LogP contribution is -2.11. The minimum Gasteiger partial charge on any atom is -0.377 e. The molecule has 0 saturated heterocycles. The van der Waals surface area contributed by atoms with Gasteiger partial charge >= 0.3 is 10.1 Å². The molecule has 0 heterocycles. The lowest BCUT2D eigenvalue weighted by Gasteiger charge is -2.09.